The van der Waals surface area contributed by atoms with Gasteiger partial charge in [-0.05, 0) is 54.4 Å². The second kappa shape index (κ2) is 10.3. The molecule has 2 aliphatic heterocycles. The quantitative estimate of drug-likeness (QED) is 0.192. The van der Waals surface area contributed by atoms with Crippen LogP contribution in [0.2, 0.25) is 0 Å². The summed E-state index contributed by atoms with van der Waals surface area (Å²) >= 11 is 0. The summed E-state index contributed by atoms with van der Waals surface area (Å²) in [5.41, 5.74) is 3.29. The van der Waals surface area contributed by atoms with Crippen molar-refractivity contribution in [1.82, 2.24) is 4.90 Å². The van der Waals surface area contributed by atoms with Gasteiger partial charge in [-0.3, -0.25) is 4.79 Å². The molecular weight excluding hydrogens is 529 g/mol. The van der Waals surface area contributed by atoms with Gasteiger partial charge in [0.05, 0.1) is 0 Å². The Labute approximate surface area is 227 Å². The Hall–Kier alpha value is -3.75. The number of hydrogen-bond donors (Lipinski definition) is 0. The van der Waals surface area contributed by atoms with Gasteiger partial charge in [0.2, 0.25) is 5.82 Å². The first-order chi connectivity index (χ1) is 19.3. The van der Waals surface area contributed by atoms with Crippen molar-refractivity contribution in [2.75, 3.05) is 6.61 Å². The zero-order valence-electron chi connectivity index (χ0n) is 21.4. The fourth-order valence-electron chi connectivity index (χ4n) is 6.74. The number of benzene rings is 3. The molecule has 2 fully saturated rings. The second-order valence-corrected chi connectivity index (χ2v) is 10.8. The van der Waals surface area contributed by atoms with Gasteiger partial charge in [0.1, 0.15) is 12.4 Å². The minimum atomic E-state index is -2.25. The van der Waals surface area contributed by atoms with Crippen LogP contribution < -0.4 is 0 Å². The number of hydrogen-bond acceptors (Lipinski definition) is 3. The smallest absolute Gasteiger partial charge is 0.410 e. The third kappa shape index (κ3) is 4.35. The lowest BCUT2D eigenvalue weighted by Gasteiger charge is -2.47. The van der Waals surface area contributed by atoms with Crippen LogP contribution in [0.1, 0.15) is 54.7 Å². The number of fused-ring (bicyclic) bond motifs is 5. The second-order valence-electron chi connectivity index (χ2n) is 10.8. The Morgan fingerprint density at radius 2 is 1.25 bits per heavy atom. The summed E-state index contributed by atoms with van der Waals surface area (Å²) in [6, 6.07) is 15.4. The Balaban J connectivity index is 1.15. The predicted molar refractivity (Wildman–Crippen MR) is 136 cm³/mol. The van der Waals surface area contributed by atoms with E-state index < -0.39 is 58.9 Å². The molecule has 0 N–H and O–H groups in total. The third-order valence-corrected chi connectivity index (χ3v) is 8.63. The van der Waals surface area contributed by atoms with E-state index in [1.54, 1.807) is 4.90 Å². The molecule has 4 nitrogen and oxygen atoms in total. The molecule has 9 heteroatoms. The average Bonchev–Trinajstić information content (AvgIpc) is 3.28. The van der Waals surface area contributed by atoms with Gasteiger partial charge in [-0.15, -0.1) is 0 Å². The largest absolute Gasteiger partial charge is 0.448 e. The number of amides is 1. The molecule has 1 aliphatic carbocycles. The minimum Gasteiger partial charge on any atom is -0.448 e. The number of carbonyl (C=O) groups is 2. The van der Waals surface area contributed by atoms with Crippen LogP contribution in [0.3, 0.4) is 0 Å². The molecule has 2 unspecified atom stereocenters. The van der Waals surface area contributed by atoms with Gasteiger partial charge in [-0.25, -0.2) is 26.7 Å². The van der Waals surface area contributed by atoms with E-state index in [1.807, 2.05) is 36.4 Å². The summed E-state index contributed by atoms with van der Waals surface area (Å²) < 4.78 is 74.9. The van der Waals surface area contributed by atoms with Crippen LogP contribution in [-0.4, -0.2) is 35.5 Å². The highest BCUT2D eigenvalue weighted by atomic mass is 19.2. The first kappa shape index (κ1) is 26.5. The van der Waals surface area contributed by atoms with E-state index in [1.165, 1.54) is 0 Å². The molecule has 208 valence electrons. The first-order valence-electron chi connectivity index (χ1n) is 13.4. The van der Waals surface area contributed by atoms with E-state index >= 15 is 0 Å². The number of Topliss-reactive ketones (excluding diaryl/α,β-unsaturated/α-hetero) is 1. The number of nitrogens with zero attached hydrogens (tertiary/aromatic N) is 1. The minimum absolute atomic E-state index is 0.100. The number of rotatable bonds is 5. The molecule has 3 aromatic rings. The molecule has 0 aromatic heterocycles. The summed E-state index contributed by atoms with van der Waals surface area (Å²) in [6.07, 6.45) is 1.23. The summed E-state index contributed by atoms with van der Waals surface area (Å²) in [4.78, 5) is 28.0. The van der Waals surface area contributed by atoms with Crippen molar-refractivity contribution in [3.05, 3.63) is 94.3 Å². The van der Waals surface area contributed by atoms with E-state index in [0.717, 1.165) is 28.7 Å². The van der Waals surface area contributed by atoms with E-state index in [-0.39, 0.29) is 37.5 Å². The van der Waals surface area contributed by atoms with E-state index in [9.17, 15) is 31.5 Å². The van der Waals surface area contributed by atoms with Gasteiger partial charge in [0.25, 0.3) is 0 Å². The summed E-state index contributed by atoms with van der Waals surface area (Å²) in [5.74, 6) is -11.7. The summed E-state index contributed by atoms with van der Waals surface area (Å²) in [5, 5.41) is 0. The van der Waals surface area contributed by atoms with Crippen molar-refractivity contribution in [1.29, 1.82) is 0 Å². The van der Waals surface area contributed by atoms with Crippen molar-refractivity contribution in [2.45, 2.75) is 56.5 Å². The van der Waals surface area contributed by atoms with Gasteiger partial charge in [-0.2, -0.15) is 0 Å². The lowest BCUT2D eigenvalue weighted by Crippen LogP contribution is -2.56. The topological polar surface area (TPSA) is 46.6 Å². The molecule has 40 heavy (non-hydrogen) atoms. The van der Waals surface area contributed by atoms with Crippen LogP contribution in [0.25, 0.3) is 11.1 Å². The molecule has 2 heterocycles. The van der Waals surface area contributed by atoms with Crippen LogP contribution in [0.4, 0.5) is 26.7 Å². The van der Waals surface area contributed by atoms with Crippen LogP contribution >= 0.6 is 0 Å². The Kier molecular flexibility index (Phi) is 6.84. The van der Waals surface area contributed by atoms with Gasteiger partial charge < -0.3 is 9.64 Å². The standard InChI is InChI=1S/C31H26F5NO3/c32-26-23(27(33)29(35)30(36)28(26)34)14-25(38)16-12-17-6-5-7-18(13-16)37(17)31(39)40-15-24-21-10-3-1-8-19(21)20-9-2-4-11-22(20)24/h1-4,8-11,16-18,24H,5-7,12-15H2. The highest BCUT2D eigenvalue weighted by Crippen LogP contribution is 2.45. The van der Waals surface area contributed by atoms with Gasteiger partial charge in [0.15, 0.2) is 23.3 Å². The molecule has 0 radical (unpaired) electrons. The fourth-order valence-corrected chi connectivity index (χ4v) is 6.74. The van der Waals surface area contributed by atoms with Crippen molar-refractivity contribution < 1.29 is 36.3 Å². The van der Waals surface area contributed by atoms with Crippen molar-refractivity contribution >= 4 is 11.9 Å². The van der Waals surface area contributed by atoms with Crippen LogP contribution in [0, 0.1) is 35.0 Å². The van der Waals surface area contributed by atoms with Gasteiger partial charge >= 0.3 is 6.09 Å². The number of ether oxygens (including phenoxy) is 1. The molecule has 3 aliphatic rings. The molecular formula is C31H26F5NO3. The summed E-state index contributed by atoms with van der Waals surface area (Å²) in [7, 11) is 0. The van der Waals surface area contributed by atoms with Crippen molar-refractivity contribution in [2.24, 2.45) is 5.92 Å². The molecule has 3 aromatic carbocycles. The molecule has 0 spiro atoms. The number of halogens is 5. The summed E-state index contributed by atoms with van der Waals surface area (Å²) in [6.45, 7) is 0.158. The maximum atomic E-state index is 14.2. The van der Waals surface area contributed by atoms with Gasteiger partial charge in [0, 0.05) is 35.9 Å². The molecule has 2 atom stereocenters. The highest BCUT2D eigenvalue weighted by molar-refractivity contribution is 5.84. The Morgan fingerprint density at radius 3 is 1.80 bits per heavy atom. The zero-order chi connectivity index (χ0) is 28.1. The highest BCUT2D eigenvalue weighted by Gasteiger charge is 2.44. The maximum absolute atomic E-state index is 14.2. The Morgan fingerprint density at radius 1 is 0.750 bits per heavy atom. The maximum Gasteiger partial charge on any atom is 0.410 e. The molecule has 0 saturated carbocycles. The predicted octanol–water partition coefficient (Wildman–Crippen LogP) is 7.08. The number of ketones is 1. The van der Waals surface area contributed by atoms with Crippen molar-refractivity contribution in [3.63, 3.8) is 0 Å². The van der Waals surface area contributed by atoms with Crippen LogP contribution in [0.15, 0.2) is 48.5 Å². The lowest BCUT2D eigenvalue weighted by atomic mass is 9.76. The molecule has 1 amide bonds. The number of carbonyl (C=O) groups excluding carboxylic acids is 2. The Bertz CT molecular complexity index is 1420. The zero-order valence-corrected chi connectivity index (χ0v) is 21.4. The van der Waals surface area contributed by atoms with E-state index in [2.05, 4.69) is 12.1 Å². The lowest BCUT2D eigenvalue weighted by molar-refractivity contribution is -0.126. The van der Waals surface area contributed by atoms with Crippen LogP contribution in [-0.2, 0) is 16.0 Å². The SMILES string of the molecule is O=C(Cc1c(F)c(F)c(F)c(F)c1F)C1CC2CCCC(C1)N2C(=O)OCC1c2ccccc2-c2ccccc21. The first-order valence-corrected chi connectivity index (χ1v) is 13.4. The van der Waals surface area contributed by atoms with Gasteiger partial charge in [-0.1, -0.05) is 48.5 Å². The normalized spacial score (nSPS) is 21.6. The third-order valence-electron chi connectivity index (χ3n) is 8.63. The fraction of sp³-hybridized carbons (Fsp3) is 0.355. The van der Waals surface area contributed by atoms with E-state index in [4.69, 9.17) is 4.74 Å². The molecule has 2 bridgehead atoms. The van der Waals surface area contributed by atoms with Crippen molar-refractivity contribution in [3.8, 4) is 11.1 Å². The molecule has 2 saturated heterocycles. The number of piperidine rings is 2. The monoisotopic (exact) mass is 555 g/mol. The van der Waals surface area contributed by atoms with E-state index in [0.29, 0.717) is 12.8 Å². The van der Waals surface area contributed by atoms with Crippen LogP contribution in [0.5, 0.6) is 0 Å². The molecule has 6 rings (SSSR count). The average molecular weight is 556 g/mol.